The van der Waals surface area contributed by atoms with Crippen LogP contribution in [-0.4, -0.2) is 26.6 Å². The molecule has 0 bridgehead atoms. The van der Waals surface area contributed by atoms with Crippen LogP contribution in [0.4, 0.5) is 11.4 Å². The Hall–Kier alpha value is -2.05. The Morgan fingerprint density at radius 2 is 1.92 bits per heavy atom. The summed E-state index contributed by atoms with van der Waals surface area (Å²) in [6, 6.07) is 12.0. The van der Waals surface area contributed by atoms with Gasteiger partial charge in [-0.2, -0.15) is 0 Å². The number of sulfonamides is 1. The average Bonchev–Trinajstić information content (AvgIpc) is 2.61. The number of fused-ring (bicyclic) bond motifs is 1. The molecule has 1 aliphatic heterocycles. The van der Waals surface area contributed by atoms with Crippen molar-refractivity contribution in [1.82, 2.24) is 0 Å². The van der Waals surface area contributed by atoms with Crippen LogP contribution in [0, 0.1) is 0 Å². The number of nitrogens with zero attached hydrogens (tertiary/aromatic N) is 1. The monoisotopic (exact) mass is 392 g/mol. The zero-order chi connectivity index (χ0) is 18.7. The fourth-order valence-electron chi connectivity index (χ4n) is 3.10. The van der Waals surface area contributed by atoms with E-state index < -0.39 is 10.0 Å². The van der Waals surface area contributed by atoms with E-state index in [9.17, 15) is 13.2 Å². The highest BCUT2D eigenvalue weighted by molar-refractivity contribution is 7.92. The molecule has 0 saturated carbocycles. The second-order valence-electron chi connectivity index (χ2n) is 6.30. The molecular formula is C19H21ClN2O3S. The van der Waals surface area contributed by atoms with Gasteiger partial charge in [0.15, 0.2) is 0 Å². The maximum absolute atomic E-state index is 12.5. The Bertz CT molecular complexity index is 911. The van der Waals surface area contributed by atoms with E-state index >= 15 is 0 Å². The van der Waals surface area contributed by atoms with Crippen molar-refractivity contribution in [1.29, 1.82) is 0 Å². The quantitative estimate of drug-likeness (QED) is 0.833. The van der Waals surface area contributed by atoms with E-state index in [4.69, 9.17) is 11.6 Å². The van der Waals surface area contributed by atoms with Crippen LogP contribution in [0.1, 0.15) is 35.7 Å². The van der Waals surface area contributed by atoms with Crippen LogP contribution in [0.15, 0.2) is 42.5 Å². The van der Waals surface area contributed by atoms with Crippen molar-refractivity contribution in [2.24, 2.45) is 0 Å². The van der Waals surface area contributed by atoms with Crippen LogP contribution in [-0.2, 0) is 16.4 Å². The first-order valence-corrected chi connectivity index (χ1v) is 10.6. The van der Waals surface area contributed by atoms with Gasteiger partial charge in [-0.05, 0) is 67.3 Å². The number of aryl methyl sites for hydroxylation is 1. The Labute approximate surface area is 159 Å². The van der Waals surface area contributed by atoms with Crippen molar-refractivity contribution in [3.63, 3.8) is 0 Å². The van der Waals surface area contributed by atoms with Gasteiger partial charge in [0, 0.05) is 22.8 Å². The highest BCUT2D eigenvalue weighted by Crippen LogP contribution is 2.32. The standard InChI is InChI=1S/C19H21ClN2O3S/c1-2-12-26(24,25)22-11-3-4-15-13-17(9-10-18(15)22)21-19(23)14-5-7-16(20)8-6-14/h5-10,13H,2-4,11-12H2,1H3,(H,21,23). The van der Waals surface area contributed by atoms with Gasteiger partial charge < -0.3 is 5.32 Å². The lowest BCUT2D eigenvalue weighted by molar-refractivity contribution is 0.102. The topological polar surface area (TPSA) is 66.5 Å². The molecule has 1 heterocycles. The number of carbonyl (C=O) groups is 1. The fraction of sp³-hybridized carbons (Fsp3) is 0.316. The van der Waals surface area contributed by atoms with Gasteiger partial charge in [0.1, 0.15) is 0 Å². The van der Waals surface area contributed by atoms with E-state index in [0.717, 1.165) is 18.4 Å². The summed E-state index contributed by atoms with van der Waals surface area (Å²) in [6.45, 7) is 2.36. The van der Waals surface area contributed by atoms with Crippen LogP contribution in [0.2, 0.25) is 5.02 Å². The molecule has 138 valence electrons. The number of carbonyl (C=O) groups excluding carboxylic acids is 1. The molecule has 0 saturated heterocycles. The first-order valence-electron chi connectivity index (χ1n) is 8.61. The number of hydrogen-bond donors (Lipinski definition) is 1. The lowest BCUT2D eigenvalue weighted by atomic mass is 10.0. The summed E-state index contributed by atoms with van der Waals surface area (Å²) in [6.07, 6.45) is 2.14. The zero-order valence-corrected chi connectivity index (χ0v) is 16.1. The van der Waals surface area contributed by atoms with Crippen molar-refractivity contribution in [2.45, 2.75) is 26.2 Å². The molecule has 0 atom stereocenters. The Kier molecular flexibility index (Phi) is 5.53. The average molecular weight is 393 g/mol. The molecule has 0 unspecified atom stereocenters. The van der Waals surface area contributed by atoms with Gasteiger partial charge in [0.2, 0.25) is 10.0 Å². The largest absolute Gasteiger partial charge is 0.322 e. The highest BCUT2D eigenvalue weighted by atomic mass is 35.5. The molecule has 2 aromatic carbocycles. The molecule has 1 amide bonds. The number of benzene rings is 2. The van der Waals surface area contributed by atoms with Crippen molar-refractivity contribution >= 4 is 38.9 Å². The summed E-state index contributed by atoms with van der Waals surface area (Å²) >= 11 is 5.84. The predicted molar refractivity (Wildman–Crippen MR) is 106 cm³/mol. The van der Waals surface area contributed by atoms with Crippen molar-refractivity contribution < 1.29 is 13.2 Å². The van der Waals surface area contributed by atoms with E-state index in [1.807, 2.05) is 13.0 Å². The van der Waals surface area contributed by atoms with E-state index in [1.54, 1.807) is 36.4 Å². The third-order valence-electron chi connectivity index (χ3n) is 4.32. The van der Waals surface area contributed by atoms with Crippen LogP contribution in [0.3, 0.4) is 0 Å². The SMILES string of the molecule is CCCS(=O)(=O)N1CCCc2cc(NC(=O)c3ccc(Cl)cc3)ccc21. The molecule has 1 aliphatic rings. The Morgan fingerprint density at radius 1 is 1.19 bits per heavy atom. The molecule has 1 N–H and O–H groups in total. The molecule has 5 nitrogen and oxygen atoms in total. The van der Waals surface area contributed by atoms with Gasteiger partial charge in [-0.25, -0.2) is 8.42 Å². The minimum Gasteiger partial charge on any atom is -0.322 e. The fourth-order valence-corrected chi connectivity index (χ4v) is 4.85. The number of nitrogens with one attached hydrogen (secondary N) is 1. The predicted octanol–water partition coefficient (Wildman–Crippen LogP) is 4.08. The lowest BCUT2D eigenvalue weighted by Crippen LogP contribution is -2.37. The second kappa shape index (κ2) is 7.68. The maximum atomic E-state index is 12.5. The van der Waals surface area contributed by atoms with E-state index in [2.05, 4.69) is 5.32 Å². The zero-order valence-electron chi connectivity index (χ0n) is 14.5. The molecule has 7 heteroatoms. The van der Waals surface area contributed by atoms with Crippen molar-refractivity contribution in [3.8, 4) is 0 Å². The van der Waals surface area contributed by atoms with Gasteiger partial charge in [0.05, 0.1) is 11.4 Å². The first kappa shape index (κ1) is 18.7. The summed E-state index contributed by atoms with van der Waals surface area (Å²) in [5.74, 6) is -0.0884. The summed E-state index contributed by atoms with van der Waals surface area (Å²) in [7, 11) is -3.30. The van der Waals surface area contributed by atoms with Crippen LogP contribution >= 0.6 is 11.6 Å². The molecule has 0 aliphatic carbocycles. The minimum atomic E-state index is -3.30. The molecule has 2 aromatic rings. The van der Waals surface area contributed by atoms with Gasteiger partial charge in [-0.3, -0.25) is 9.10 Å². The summed E-state index contributed by atoms with van der Waals surface area (Å²) in [5.41, 5.74) is 2.82. The van der Waals surface area contributed by atoms with Crippen molar-refractivity contribution in [2.75, 3.05) is 21.9 Å². The lowest BCUT2D eigenvalue weighted by Gasteiger charge is -2.30. The first-order chi connectivity index (χ1) is 12.4. The maximum Gasteiger partial charge on any atom is 0.255 e. The van der Waals surface area contributed by atoms with Crippen molar-refractivity contribution in [3.05, 3.63) is 58.6 Å². The molecule has 0 fully saturated rings. The third kappa shape index (κ3) is 4.02. The van der Waals surface area contributed by atoms with Crippen LogP contribution in [0.5, 0.6) is 0 Å². The number of anilines is 2. The van der Waals surface area contributed by atoms with E-state index in [-0.39, 0.29) is 11.7 Å². The van der Waals surface area contributed by atoms with Gasteiger partial charge in [-0.1, -0.05) is 18.5 Å². The second-order valence-corrected chi connectivity index (χ2v) is 8.75. The van der Waals surface area contributed by atoms with E-state index in [1.165, 1.54) is 4.31 Å². The third-order valence-corrected chi connectivity index (χ3v) is 6.54. The number of amides is 1. The number of halogens is 1. The Balaban J connectivity index is 1.82. The normalized spacial score (nSPS) is 14.0. The smallest absolute Gasteiger partial charge is 0.255 e. The van der Waals surface area contributed by atoms with Crippen LogP contribution < -0.4 is 9.62 Å². The minimum absolute atomic E-state index is 0.140. The molecule has 3 rings (SSSR count). The number of rotatable bonds is 5. The van der Waals surface area contributed by atoms with Gasteiger partial charge in [-0.15, -0.1) is 0 Å². The van der Waals surface area contributed by atoms with Crippen LogP contribution in [0.25, 0.3) is 0 Å². The molecule has 26 heavy (non-hydrogen) atoms. The number of hydrogen-bond acceptors (Lipinski definition) is 3. The molecular weight excluding hydrogens is 372 g/mol. The van der Waals surface area contributed by atoms with Gasteiger partial charge >= 0.3 is 0 Å². The highest BCUT2D eigenvalue weighted by Gasteiger charge is 2.26. The summed E-state index contributed by atoms with van der Waals surface area (Å²) < 4.78 is 26.4. The molecule has 0 aromatic heterocycles. The molecule has 0 radical (unpaired) electrons. The molecule has 0 spiro atoms. The van der Waals surface area contributed by atoms with Gasteiger partial charge in [0.25, 0.3) is 5.91 Å². The summed E-state index contributed by atoms with van der Waals surface area (Å²) in [4.78, 5) is 12.3. The summed E-state index contributed by atoms with van der Waals surface area (Å²) in [5, 5.41) is 3.43. The van der Waals surface area contributed by atoms with E-state index in [0.29, 0.717) is 34.9 Å². The Morgan fingerprint density at radius 3 is 2.62 bits per heavy atom.